The van der Waals surface area contributed by atoms with Crippen LogP contribution < -0.4 is 5.32 Å². The molecule has 0 aliphatic heterocycles. The lowest BCUT2D eigenvalue weighted by Gasteiger charge is -2.10. The summed E-state index contributed by atoms with van der Waals surface area (Å²) in [6.45, 7) is 1.92. The van der Waals surface area contributed by atoms with Crippen molar-refractivity contribution in [3.63, 3.8) is 0 Å². The highest BCUT2D eigenvalue weighted by Crippen LogP contribution is 2.31. The molecule has 134 valence electrons. The fraction of sp³-hybridized carbons (Fsp3) is 0.0952. The van der Waals surface area contributed by atoms with Crippen LogP contribution >= 0.6 is 11.3 Å². The van der Waals surface area contributed by atoms with Crippen LogP contribution in [-0.2, 0) is 11.2 Å². The van der Waals surface area contributed by atoms with Gasteiger partial charge in [0, 0.05) is 17.4 Å². The Balaban J connectivity index is 1.59. The average Bonchev–Trinajstić information content (AvgIpc) is 3.09. The summed E-state index contributed by atoms with van der Waals surface area (Å²) < 4.78 is 13.8. The van der Waals surface area contributed by atoms with Crippen molar-refractivity contribution in [1.82, 2.24) is 9.97 Å². The summed E-state index contributed by atoms with van der Waals surface area (Å²) in [7, 11) is 0. The molecule has 2 aromatic carbocycles. The minimum Gasteiger partial charge on any atom is -0.326 e. The van der Waals surface area contributed by atoms with Crippen molar-refractivity contribution in [2.75, 3.05) is 5.32 Å². The van der Waals surface area contributed by atoms with Gasteiger partial charge in [0.1, 0.15) is 21.2 Å². The molecule has 0 saturated heterocycles. The van der Waals surface area contributed by atoms with E-state index < -0.39 is 0 Å². The second-order valence-electron chi connectivity index (χ2n) is 6.19. The van der Waals surface area contributed by atoms with Gasteiger partial charge in [-0.2, -0.15) is 0 Å². The Morgan fingerprint density at radius 2 is 2.00 bits per heavy atom. The van der Waals surface area contributed by atoms with Gasteiger partial charge < -0.3 is 5.32 Å². The molecular formula is C21H16FN3OS. The number of carbonyl (C=O) groups excluding carboxylic acids is 1. The number of hydrogen-bond donors (Lipinski definition) is 1. The summed E-state index contributed by atoms with van der Waals surface area (Å²) >= 11 is 1.50. The molecule has 4 rings (SSSR count). The van der Waals surface area contributed by atoms with Crippen molar-refractivity contribution < 1.29 is 9.18 Å². The second kappa shape index (κ2) is 7.25. The number of carbonyl (C=O) groups is 1. The molecule has 0 fully saturated rings. The number of pyridine rings is 1. The van der Waals surface area contributed by atoms with Crippen molar-refractivity contribution in [2.45, 2.75) is 13.3 Å². The van der Waals surface area contributed by atoms with E-state index in [9.17, 15) is 9.18 Å². The van der Waals surface area contributed by atoms with Gasteiger partial charge in [0.05, 0.1) is 6.42 Å². The topological polar surface area (TPSA) is 54.9 Å². The highest BCUT2D eigenvalue weighted by atomic mass is 32.1. The first-order valence-electron chi connectivity index (χ1n) is 8.46. The van der Waals surface area contributed by atoms with Gasteiger partial charge >= 0.3 is 0 Å². The zero-order valence-corrected chi connectivity index (χ0v) is 15.4. The summed E-state index contributed by atoms with van der Waals surface area (Å²) in [6, 6.07) is 15.9. The molecule has 27 heavy (non-hydrogen) atoms. The molecule has 6 heteroatoms. The molecule has 0 bridgehead atoms. The fourth-order valence-electron chi connectivity index (χ4n) is 2.79. The van der Waals surface area contributed by atoms with Gasteiger partial charge in [0.2, 0.25) is 5.91 Å². The van der Waals surface area contributed by atoms with Crippen LogP contribution in [0.25, 0.3) is 20.9 Å². The summed E-state index contributed by atoms with van der Waals surface area (Å²) in [5.41, 5.74) is 3.76. The highest BCUT2D eigenvalue weighted by Gasteiger charge is 2.12. The van der Waals surface area contributed by atoms with Crippen LogP contribution in [-0.4, -0.2) is 15.9 Å². The average molecular weight is 377 g/mol. The SMILES string of the molecule is Cc1ccc(-c2nc3cccnc3s2)cc1NC(=O)Cc1ccccc1F. The van der Waals surface area contributed by atoms with Gasteiger partial charge in [-0.1, -0.05) is 41.7 Å². The summed E-state index contributed by atoms with van der Waals surface area (Å²) in [5, 5.41) is 3.73. The number of fused-ring (bicyclic) bond motifs is 1. The van der Waals surface area contributed by atoms with Gasteiger partial charge in [0.15, 0.2) is 0 Å². The quantitative estimate of drug-likeness (QED) is 0.545. The van der Waals surface area contributed by atoms with Crippen molar-refractivity contribution >= 4 is 33.3 Å². The van der Waals surface area contributed by atoms with Crippen molar-refractivity contribution in [3.05, 3.63) is 77.7 Å². The van der Waals surface area contributed by atoms with E-state index in [0.717, 1.165) is 26.5 Å². The Morgan fingerprint density at radius 1 is 1.15 bits per heavy atom. The molecule has 0 unspecified atom stereocenters. The molecule has 0 atom stereocenters. The van der Waals surface area contributed by atoms with E-state index in [4.69, 9.17) is 0 Å². The van der Waals surface area contributed by atoms with E-state index >= 15 is 0 Å². The van der Waals surface area contributed by atoms with Gasteiger partial charge in [-0.25, -0.2) is 14.4 Å². The van der Waals surface area contributed by atoms with Crippen molar-refractivity contribution in [2.24, 2.45) is 0 Å². The Morgan fingerprint density at radius 3 is 2.81 bits per heavy atom. The molecule has 2 heterocycles. The van der Waals surface area contributed by atoms with Crippen molar-refractivity contribution in [1.29, 1.82) is 0 Å². The minimum atomic E-state index is -0.375. The number of hydrogen-bond acceptors (Lipinski definition) is 4. The Bertz CT molecular complexity index is 1110. The van der Waals surface area contributed by atoms with E-state index in [2.05, 4.69) is 15.3 Å². The maximum Gasteiger partial charge on any atom is 0.228 e. The van der Waals surface area contributed by atoms with E-state index in [1.165, 1.54) is 17.4 Å². The molecule has 0 aliphatic rings. The predicted octanol–water partition coefficient (Wildman–Crippen LogP) is 4.99. The molecule has 4 aromatic rings. The molecule has 0 spiro atoms. The van der Waals surface area contributed by atoms with Gasteiger partial charge in [0.25, 0.3) is 0 Å². The zero-order valence-electron chi connectivity index (χ0n) is 14.6. The number of aromatic nitrogens is 2. The summed E-state index contributed by atoms with van der Waals surface area (Å²) in [5.74, 6) is -0.633. The molecule has 1 N–H and O–H groups in total. The smallest absolute Gasteiger partial charge is 0.228 e. The van der Waals surface area contributed by atoms with Crippen molar-refractivity contribution in [3.8, 4) is 10.6 Å². The first-order valence-corrected chi connectivity index (χ1v) is 9.27. The van der Waals surface area contributed by atoms with Crippen LogP contribution in [0.15, 0.2) is 60.8 Å². The largest absolute Gasteiger partial charge is 0.326 e. The Labute approximate surface area is 159 Å². The molecule has 4 nitrogen and oxygen atoms in total. The van der Waals surface area contributed by atoms with Crippen LogP contribution in [0.5, 0.6) is 0 Å². The standard InChI is InChI=1S/C21H16FN3OS/c1-13-8-9-15(20-25-17-7-4-10-23-21(17)27-20)11-18(13)24-19(26)12-14-5-2-3-6-16(14)22/h2-11H,12H2,1H3,(H,24,26). The van der Waals surface area contributed by atoms with E-state index in [-0.39, 0.29) is 18.1 Å². The summed E-state index contributed by atoms with van der Waals surface area (Å²) in [6.07, 6.45) is 1.73. The number of benzene rings is 2. The minimum absolute atomic E-state index is 0.0125. The predicted molar refractivity (Wildman–Crippen MR) is 106 cm³/mol. The van der Waals surface area contributed by atoms with Gasteiger partial charge in [-0.15, -0.1) is 0 Å². The second-order valence-corrected chi connectivity index (χ2v) is 7.17. The Hall–Kier alpha value is -3.12. The number of nitrogens with zero attached hydrogens (tertiary/aromatic N) is 2. The Kier molecular flexibility index (Phi) is 4.64. The third kappa shape index (κ3) is 3.71. The van der Waals surface area contributed by atoms with Crippen LogP contribution in [0.3, 0.4) is 0 Å². The number of aryl methyl sites for hydroxylation is 1. The third-order valence-corrected chi connectivity index (χ3v) is 5.26. The normalized spacial score (nSPS) is 10.9. The van der Waals surface area contributed by atoms with E-state index in [1.807, 2.05) is 37.3 Å². The van der Waals surface area contributed by atoms with E-state index in [1.54, 1.807) is 24.4 Å². The summed E-state index contributed by atoms with van der Waals surface area (Å²) in [4.78, 5) is 22.2. The number of halogens is 1. The zero-order chi connectivity index (χ0) is 18.8. The molecule has 1 amide bonds. The molecule has 2 aromatic heterocycles. The lowest BCUT2D eigenvalue weighted by molar-refractivity contribution is -0.115. The number of anilines is 1. The number of nitrogens with one attached hydrogen (secondary N) is 1. The number of amides is 1. The molecule has 0 radical (unpaired) electrons. The van der Waals surface area contributed by atoms with Crippen LogP contribution in [0.1, 0.15) is 11.1 Å². The molecule has 0 aliphatic carbocycles. The van der Waals surface area contributed by atoms with Gasteiger partial charge in [-0.3, -0.25) is 4.79 Å². The fourth-order valence-corrected chi connectivity index (χ4v) is 3.70. The monoisotopic (exact) mass is 377 g/mol. The molecule has 0 saturated carbocycles. The first-order chi connectivity index (χ1) is 13.1. The van der Waals surface area contributed by atoms with Crippen LogP contribution in [0.4, 0.5) is 10.1 Å². The number of thiazole rings is 1. The van der Waals surface area contributed by atoms with Crippen LogP contribution in [0, 0.1) is 12.7 Å². The maximum atomic E-state index is 13.8. The van der Waals surface area contributed by atoms with Gasteiger partial charge in [-0.05, 0) is 42.3 Å². The third-order valence-electron chi connectivity index (χ3n) is 4.23. The first kappa shape index (κ1) is 17.3. The highest BCUT2D eigenvalue weighted by molar-refractivity contribution is 7.21. The van der Waals surface area contributed by atoms with E-state index in [0.29, 0.717) is 11.3 Å². The lowest BCUT2D eigenvalue weighted by Crippen LogP contribution is -2.16. The van der Waals surface area contributed by atoms with Crippen LogP contribution in [0.2, 0.25) is 0 Å². The maximum absolute atomic E-state index is 13.8. The molecular weight excluding hydrogens is 361 g/mol. The number of rotatable bonds is 4. The lowest BCUT2D eigenvalue weighted by atomic mass is 10.1.